The predicted octanol–water partition coefficient (Wildman–Crippen LogP) is 0.652. The first-order valence-corrected chi connectivity index (χ1v) is 9.37. The molecule has 0 unspecified atom stereocenters. The number of carbonyl (C=O) groups is 1. The van der Waals surface area contributed by atoms with Gasteiger partial charge in [0.25, 0.3) is 10.1 Å². The zero-order chi connectivity index (χ0) is 19.9. The van der Waals surface area contributed by atoms with Crippen LogP contribution in [-0.4, -0.2) is 44.2 Å². The fourth-order valence-electron chi connectivity index (χ4n) is 2.19. The van der Waals surface area contributed by atoms with Crippen molar-refractivity contribution in [2.45, 2.75) is 0 Å². The molecule has 2 aromatic rings. The number of rotatable bonds is 9. The molecule has 144 valence electrons. The lowest BCUT2D eigenvalue weighted by Gasteiger charge is -2.11. The number of aliphatic hydroxyl groups is 1. The van der Waals surface area contributed by atoms with E-state index in [1.54, 1.807) is 11.5 Å². The van der Waals surface area contributed by atoms with Crippen molar-refractivity contribution in [1.82, 2.24) is 5.48 Å². The summed E-state index contributed by atoms with van der Waals surface area (Å²) in [5.74, 6) is -2.08. The van der Waals surface area contributed by atoms with Crippen LogP contribution < -0.4 is 16.0 Å². The third-order valence-electron chi connectivity index (χ3n) is 3.28. The number of nitrogens with one attached hydrogen (secondary N) is 2. The first kappa shape index (κ1) is 20.4. The largest absolute Gasteiger partial charge is 0.491 e. The maximum absolute atomic E-state index is 12.4. The minimum atomic E-state index is -4.29. The van der Waals surface area contributed by atoms with Crippen molar-refractivity contribution in [3.8, 4) is 16.9 Å². The lowest BCUT2D eigenvalue weighted by molar-refractivity contribution is 0.101. The number of hydroxylamine groups is 1. The Kier molecular flexibility index (Phi) is 6.88. The predicted molar refractivity (Wildman–Crippen MR) is 98.7 cm³/mol. The lowest BCUT2D eigenvalue weighted by Crippen LogP contribution is -2.34. The molecule has 0 aliphatic carbocycles. The first-order chi connectivity index (χ1) is 12.8. The number of ether oxygens (including phenoxy) is 1. The van der Waals surface area contributed by atoms with Crippen molar-refractivity contribution in [2.75, 3.05) is 19.0 Å². The van der Waals surface area contributed by atoms with Gasteiger partial charge in [-0.05, 0) is 29.3 Å². The van der Waals surface area contributed by atoms with Crippen LogP contribution >= 0.6 is 0 Å². The fourth-order valence-corrected chi connectivity index (χ4v) is 2.95. The molecule has 0 heterocycles. The second kappa shape index (κ2) is 9.12. The number of aliphatic hydroxyl groups excluding tert-OH is 1. The van der Waals surface area contributed by atoms with Gasteiger partial charge in [-0.2, -0.15) is 8.42 Å². The van der Waals surface area contributed by atoms with E-state index in [2.05, 4.69) is 4.28 Å². The first-order valence-electron chi connectivity index (χ1n) is 7.79. The van der Waals surface area contributed by atoms with Gasteiger partial charge in [-0.15, -0.1) is 4.28 Å². The second-order valence-electron chi connectivity index (χ2n) is 5.41. The van der Waals surface area contributed by atoms with Crippen LogP contribution in [-0.2, 0) is 14.4 Å². The normalized spacial score (nSPS) is 11.0. The molecule has 0 spiro atoms. The Morgan fingerprint density at radius 2 is 1.85 bits per heavy atom. The van der Waals surface area contributed by atoms with Crippen molar-refractivity contribution in [2.24, 2.45) is 5.73 Å². The molecule has 0 bridgehead atoms. The molecule has 2 rings (SSSR count). The highest BCUT2D eigenvalue weighted by molar-refractivity contribution is 7.87. The van der Waals surface area contributed by atoms with Crippen LogP contribution in [0.4, 0.5) is 0 Å². The second-order valence-corrected chi connectivity index (χ2v) is 6.98. The molecule has 0 amide bonds. The van der Waals surface area contributed by atoms with Gasteiger partial charge >= 0.3 is 0 Å². The Morgan fingerprint density at radius 3 is 2.48 bits per heavy atom. The summed E-state index contributed by atoms with van der Waals surface area (Å²) < 4.78 is 33.3. The van der Waals surface area contributed by atoms with E-state index in [1.807, 2.05) is 30.3 Å². The standard InChI is InChI=1S/C17H19N3O6S/c18-17(19)20-26-27(23,24)11-16(22)14-8-13(12-4-2-1-3-5-12)9-15(10-14)25-7-6-21/h1-5,8-10,21H,6-7,11H2,(H4,18,19,20). The number of carbonyl (C=O) groups excluding carboxylic acids is 1. The quantitative estimate of drug-likeness (QED) is 0.210. The fraction of sp³-hybridized carbons (Fsp3) is 0.176. The van der Waals surface area contributed by atoms with Crippen LogP contribution in [0.15, 0.2) is 48.5 Å². The highest BCUT2D eigenvalue weighted by Crippen LogP contribution is 2.26. The summed E-state index contributed by atoms with van der Waals surface area (Å²) >= 11 is 0. The van der Waals surface area contributed by atoms with Gasteiger partial charge in [0.1, 0.15) is 18.1 Å². The van der Waals surface area contributed by atoms with Gasteiger partial charge in [-0.3, -0.25) is 10.2 Å². The van der Waals surface area contributed by atoms with Crippen LogP contribution in [0, 0.1) is 5.41 Å². The maximum Gasteiger partial charge on any atom is 0.295 e. The van der Waals surface area contributed by atoms with E-state index >= 15 is 0 Å². The number of hydrogen-bond acceptors (Lipinski definition) is 7. The number of nitrogens with two attached hydrogens (primary N) is 1. The van der Waals surface area contributed by atoms with E-state index in [4.69, 9.17) is 21.0 Å². The summed E-state index contributed by atoms with van der Waals surface area (Å²) in [6.07, 6.45) is 0. The number of hydrogen-bond donors (Lipinski definition) is 4. The summed E-state index contributed by atoms with van der Waals surface area (Å²) in [4.78, 5) is 12.4. The van der Waals surface area contributed by atoms with Crippen LogP contribution in [0.5, 0.6) is 5.75 Å². The van der Waals surface area contributed by atoms with E-state index in [-0.39, 0.29) is 18.8 Å². The molecule has 9 nitrogen and oxygen atoms in total. The number of ketones is 1. The van der Waals surface area contributed by atoms with E-state index in [1.165, 1.54) is 12.1 Å². The Balaban J connectivity index is 2.31. The van der Waals surface area contributed by atoms with Crippen molar-refractivity contribution in [3.05, 3.63) is 54.1 Å². The summed E-state index contributed by atoms with van der Waals surface area (Å²) in [5.41, 5.74) is 8.19. The van der Waals surface area contributed by atoms with Crippen molar-refractivity contribution < 1.29 is 27.3 Å². The molecule has 0 fully saturated rings. The van der Waals surface area contributed by atoms with Crippen molar-refractivity contribution in [3.63, 3.8) is 0 Å². The summed E-state index contributed by atoms with van der Waals surface area (Å²) in [5, 5.41) is 15.8. The van der Waals surface area contributed by atoms with Gasteiger partial charge in [-0.1, -0.05) is 30.3 Å². The molecule has 0 aromatic heterocycles. The molecular formula is C17H19N3O6S. The SMILES string of the molecule is N=C(N)NOS(=O)(=O)CC(=O)c1cc(OCCO)cc(-c2ccccc2)c1. The third-order valence-corrected chi connectivity index (χ3v) is 4.24. The average Bonchev–Trinajstić information content (AvgIpc) is 2.65. The minimum absolute atomic E-state index is 0.0236. The highest BCUT2D eigenvalue weighted by Gasteiger charge is 2.21. The highest BCUT2D eigenvalue weighted by atomic mass is 32.2. The summed E-state index contributed by atoms with van der Waals surface area (Å²) in [6, 6.07) is 13.8. The van der Waals surface area contributed by atoms with Gasteiger partial charge in [0.2, 0.25) is 5.96 Å². The number of Topliss-reactive ketones (excluding diaryl/α,β-unsaturated/α-hetero) is 1. The molecule has 0 aliphatic rings. The van der Waals surface area contributed by atoms with E-state index in [0.717, 1.165) is 5.56 Å². The molecule has 0 saturated carbocycles. The molecule has 10 heteroatoms. The monoisotopic (exact) mass is 393 g/mol. The lowest BCUT2D eigenvalue weighted by atomic mass is 10.0. The molecular weight excluding hydrogens is 374 g/mol. The van der Waals surface area contributed by atoms with Crippen LogP contribution in [0.2, 0.25) is 0 Å². The smallest absolute Gasteiger partial charge is 0.295 e. The zero-order valence-electron chi connectivity index (χ0n) is 14.2. The average molecular weight is 393 g/mol. The van der Waals surface area contributed by atoms with Crippen LogP contribution in [0.1, 0.15) is 10.4 Å². The van der Waals surface area contributed by atoms with E-state index in [9.17, 15) is 13.2 Å². The summed E-state index contributed by atoms with van der Waals surface area (Å²) in [7, 11) is -4.29. The number of benzene rings is 2. The molecule has 2 aromatic carbocycles. The molecule has 0 saturated heterocycles. The Labute approximate surface area is 156 Å². The Hall–Kier alpha value is -2.95. The molecule has 0 radical (unpaired) electrons. The third kappa shape index (κ3) is 6.37. The van der Waals surface area contributed by atoms with E-state index in [0.29, 0.717) is 11.3 Å². The number of guanidine groups is 1. The Morgan fingerprint density at radius 1 is 1.15 bits per heavy atom. The molecule has 0 atom stereocenters. The van der Waals surface area contributed by atoms with Crippen molar-refractivity contribution >= 4 is 21.9 Å². The van der Waals surface area contributed by atoms with Crippen LogP contribution in [0.25, 0.3) is 11.1 Å². The van der Waals surface area contributed by atoms with Gasteiger partial charge in [0, 0.05) is 5.56 Å². The van der Waals surface area contributed by atoms with Crippen molar-refractivity contribution in [1.29, 1.82) is 5.41 Å². The summed E-state index contributed by atoms with van der Waals surface area (Å²) in [6.45, 7) is -0.187. The van der Waals surface area contributed by atoms with Gasteiger partial charge in [-0.25, -0.2) is 5.48 Å². The topological polar surface area (TPSA) is 152 Å². The molecule has 5 N–H and O–H groups in total. The molecule has 0 aliphatic heterocycles. The zero-order valence-corrected chi connectivity index (χ0v) is 15.0. The van der Waals surface area contributed by atoms with Crippen LogP contribution in [0.3, 0.4) is 0 Å². The minimum Gasteiger partial charge on any atom is -0.491 e. The van der Waals surface area contributed by atoms with Gasteiger partial charge in [0.15, 0.2) is 5.78 Å². The Bertz CT molecular complexity index is 916. The van der Waals surface area contributed by atoms with E-state index < -0.39 is 27.6 Å². The van der Waals surface area contributed by atoms with Gasteiger partial charge < -0.3 is 15.6 Å². The maximum atomic E-state index is 12.4. The molecule has 27 heavy (non-hydrogen) atoms. The van der Waals surface area contributed by atoms with Gasteiger partial charge in [0.05, 0.1) is 6.61 Å².